The third-order valence-electron chi connectivity index (χ3n) is 3.16. The highest BCUT2D eigenvalue weighted by molar-refractivity contribution is 5.69. The molecule has 1 saturated heterocycles. The summed E-state index contributed by atoms with van der Waals surface area (Å²) in [6.07, 6.45) is -1.89. The Bertz CT molecular complexity index is 653. The van der Waals surface area contributed by atoms with Crippen LogP contribution in [-0.2, 0) is 4.74 Å². The minimum Gasteiger partial charge on any atom is -0.394 e. The first-order chi connectivity index (χ1) is 9.13. The monoisotopic (exact) mass is 268 g/mol. The van der Waals surface area contributed by atoms with Gasteiger partial charge >= 0.3 is 0 Å². The first-order valence-corrected chi connectivity index (χ1v) is 5.66. The molecule has 4 atom stereocenters. The number of nitrogens with one attached hydrogen (secondary N) is 1. The van der Waals surface area contributed by atoms with Gasteiger partial charge in [-0.15, -0.1) is 0 Å². The van der Waals surface area contributed by atoms with Crippen molar-refractivity contribution in [1.82, 2.24) is 19.5 Å². The molecule has 2 aromatic heterocycles. The van der Waals surface area contributed by atoms with E-state index in [1.807, 2.05) is 0 Å². The van der Waals surface area contributed by atoms with Crippen molar-refractivity contribution in [1.29, 1.82) is 0 Å². The molecular formula is C10H12N4O5. The number of hydrogen-bond donors (Lipinski definition) is 4. The molecule has 1 aliphatic heterocycles. The lowest BCUT2D eigenvalue weighted by Crippen LogP contribution is -2.33. The van der Waals surface area contributed by atoms with Crippen LogP contribution in [0.4, 0.5) is 0 Å². The van der Waals surface area contributed by atoms with Crippen LogP contribution >= 0.6 is 0 Å². The predicted octanol–water partition coefficient (Wildman–Crippen LogP) is -2.27. The van der Waals surface area contributed by atoms with Crippen LogP contribution in [0.3, 0.4) is 0 Å². The molecule has 0 radical (unpaired) electrons. The maximum absolute atomic E-state index is 11.8. The van der Waals surface area contributed by atoms with E-state index in [0.29, 0.717) is 0 Å². The number of aromatic amines is 1. The van der Waals surface area contributed by atoms with E-state index in [9.17, 15) is 15.0 Å². The van der Waals surface area contributed by atoms with E-state index >= 15 is 0 Å². The predicted molar refractivity (Wildman–Crippen MR) is 61.2 cm³/mol. The van der Waals surface area contributed by atoms with Gasteiger partial charge in [0.1, 0.15) is 24.6 Å². The summed E-state index contributed by atoms with van der Waals surface area (Å²) in [6, 6.07) is 0. The van der Waals surface area contributed by atoms with Crippen LogP contribution in [0.15, 0.2) is 17.4 Å². The third-order valence-corrected chi connectivity index (χ3v) is 3.16. The maximum atomic E-state index is 11.8. The number of hydrogen-bond acceptors (Lipinski definition) is 7. The van der Waals surface area contributed by atoms with E-state index in [1.54, 1.807) is 0 Å². The molecule has 0 bridgehead atoms. The topological polar surface area (TPSA) is 133 Å². The van der Waals surface area contributed by atoms with E-state index < -0.39 is 36.7 Å². The number of aliphatic hydroxyl groups excluding tert-OH is 3. The molecule has 2 aromatic rings. The van der Waals surface area contributed by atoms with E-state index in [0.717, 1.165) is 0 Å². The SMILES string of the molecule is O=c1[nH]cnc2ncn([C@H]3O[C@H](CO)[C@@H](O)[C@@H]3O)c12. The molecular weight excluding hydrogens is 256 g/mol. The molecule has 3 rings (SSSR count). The van der Waals surface area contributed by atoms with Gasteiger partial charge in [-0.25, -0.2) is 9.97 Å². The number of H-pyrrole nitrogens is 1. The van der Waals surface area contributed by atoms with Gasteiger partial charge < -0.3 is 25.0 Å². The molecule has 19 heavy (non-hydrogen) atoms. The largest absolute Gasteiger partial charge is 0.394 e. The first kappa shape index (κ1) is 12.2. The van der Waals surface area contributed by atoms with Gasteiger partial charge in [-0.2, -0.15) is 0 Å². The quantitative estimate of drug-likeness (QED) is 0.482. The third kappa shape index (κ3) is 1.75. The van der Waals surface area contributed by atoms with E-state index in [4.69, 9.17) is 9.84 Å². The molecule has 0 amide bonds. The zero-order chi connectivity index (χ0) is 13.6. The van der Waals surface area contributed by atoms with Crippen molar-refractivity contribution in [3.63, 3.8) is 0 Å². The Labute approximate surface area is 106 Å². The standard InChI is InChI=1S/C10H12N4O5/c15-1-4-6(16)7(17)10(19-4)14-3-13-8-5(14)9(18)12-2-11-8/h2-4,6-7,10,15-17H,1H2,(H,11,12,18)/t4-,6-,7+,10+/m1/s1. The summed E-state index contributed by atoms with van der Waals surface area (Å²) < 4.78 is 6.63. The number of nitrogens with zero attached hydrogens (tertiary/aromatic N) is 3. The van der Waals surface area contributed by atoms with Gasteiger partial charge in [0.15, 0.2) is 17.4 Å². The van der Waals surface area contributed by atoms with Crippen LogP contribution < -0.4 is 5.56 Å². The highest BCUT2D eigenvalue weighted by atomic mass is 16.6. The fourth-order valence-corrected chi connectivity index (χ4v) is 2.19. The van der Waals surface area contributed by atoms with Crippen LogP contribution in [0.5, 0.6) is 0 Å². The average molecular weight is 268 g/mol. The highest BCUT2D eigenvalue weighted by Gasteiger charge is 2.43. The molecule has 0 unspecified atom stereocenters. The zero-order valence-corrected chi connectivity index (χ0v) is 9.67. The fraction of sp³-hybridized carbons (Fsp3) is 0.500. The average Bonchev–Trinajstić information content (AvgIpc) is 2.94. The fourth-order valence-electron chi connectivity index (χ4n) is 2.19. The summed E-state index contributed by atoms with van der Waals surface area (Å²) in [6.45, 7) is -0.435. The number of fused-ring (bicyclic) bond motifs is 1. The molecule has 4 N–H and O–H groups in total. The van der Waals surface area contributed by atoms with Gasteiger partial charge in [0, 0.05) is 0 Å². The Kier molecular flexibility index (Phi) is 2.82. The van der Waals surface area contributed by atoms with E-state index in [1.165, 1.54) is 17.2 Å². The van der Waals surface area contributed by atoms with Crippen LogP contribution in [0.25, 0.3) is 11.2 Å². The number of ether oxygens (including phenoxy) is 1. The van der Waals surface area contributed by atoms with Gasteiger partial charge in [-0.1, -0.05) is 0 Å². The van der Waals surface area contributed by atoms with Crippen molar-refractivity contribution < 1.29 is 20.1 Å². The highest BCUT2D eigenvalue weighted by Crippen LogP contribution is 2.30. The maximum Gasteiger partial charge on any atom is 0.277 e. The summed E-state index contributed by atoms with van der Waals surface area (Å²) >= 11 is 0. The second-order valence-electron chi connectivity index (χ2n) is 4.28. The van der Waals surface area contributed by atoms with Crippen molar-refractivity contribution in [2.24, 2.45) is 0 Å². The Morgan fingerprint density at radius 1 is 1.37 bits per heavy atom. The van der Waals surface area contributed by atoms with Gasteiger partial charge in [-0.3, -0.25) is 9.36 Å². The zero-order valence-electron chi connectivity index (χ0n) is 9.67. The van der Waals surface area contributed by atoms with Crippen molar-refractivity contribution in [3.8, 4) is 0 Å². The van der Waals surface area contributed by atoms with Crippen LogP contribution in [-0.4, -0.2) is 59.8 Å². The molecule has 102 valence electrons. The minimum absolute atomic E-state index is 0.136. The van der Waals surface area contributed by atoms with Crippen molar-refractivity contribution in [3.05, 3.63) is 23.0 Å². The van der Waals surface area contributed by atoms with E-state index in [2.05, 4.69) is 15.0 Å². The van der Waals surface area contributed by atoms with Gasteiger partial charge in [0.25, 0.3) is 5.56 Å². The summed E-state index contributed by atoms with van der Waals surface area (Å²) in [5.41, 5.74) is -0.0842. The summed E-state index contributed by atoms with van der Waals surface area (Å²) in [7, 11) is 0. The lowest BCUT2D eigenvalue weighted by Gasteiger charge is -2.16. The van der Waals surface area contributed by atoms with Crippen molar-refractivity contribution >= 4 is 11.2 Å². The normalized spacial score (nSPS) is 31.1. The van der Waals surface area contributed by atoms with Gasteiger partial charge in [-0.05, 0) is 0 Å². The van der Waals surface area contributed by atoms with Crippen LogP contribution in [0.2, 0.25) is 0 Å². The Morgan fingerprint density at radius 3 is 2.84 bits per heavy atom. The molecule has 0 aliphatic carbocycles. The number of rotatable bonds is 2. The second-order valence-corrected chi connectivity index (χ2v) is 4.28. The lowest BCUT2D eigenvalue weighted by atomic mass is 10.1. The number of imidazole rings is 1. The summed E-state index contributed by atoms with van der Waals surface area (Å²) in [5, 5.41) is 28.6. The minimum atomic E-state index is -1.27. The first-order valence-electron chi connectivity index (χ1n) is 5.66. The molecule has 3 heterocycles. The molecule has 1 aliphatic rings. The molecule has 1 fully saturated rings. The number of aromatic nitrogens is 4. The van der Waals surface area contributed by atoms with Crippen molar-refractivity contribution in [2.45, 2.75) is 24.5 Å². The Morgan fingerprint density at radius 2 is 2.16 bits per heavy atom. The van der Waals surface area contributed by atoms with Gasteiger partial charge in [0.05, 0.1) is 12.9 Å². The van der Waals surface area contributed by atoms with Crippen LogP contribution in [0, 0.1) is 0 Å². The van der Waals surface area contributed by atoms with Gasteiger partial charge in [0.2, 0.25) is 0 Å². The lowest BCUT2D eigenvalue weighted by molar-refractivity contribution is -0.0509. The molecule has 9 heteroatoms. The second kappa shape index (κ2) is 4.38. The summed E-state index contributed by atoms with van der Waals surface area (Å²) in [5.74, 6) is 0. The smallest absolute Gasteiger partial charge is 0.277 e. The van der Waals surface area contributed by atoms with Crippen molar-refractivity contribution in [2.75, 3.05) is 6.61 Å². The molecule has 0 spiro atoms. The molecule has 0 aromatic carbocycles. The van der Waals surface area contributed by atoms with Crippen LogP contribution in [0.1, 0.15) is 6.23 Å². The summed E-state index contributed by atoms with van der Waals surface area (Å²) in [4.78, 5) is 22.0. The Balaban J connectivity index is 2.08. The van der Waals surface area contributed by atoms with E-state index in [-0.39, 0.29) is 11.2 Å². The molecule has 0 saturated carbocycles. The Hall–Kier alpha value is -1.81. The molecule has 9 nitrogen and oxygen atoms in total. The number of aliphatic hydroxyl groups is 3.